The Balaban J connectivity index is 1.82. The molecule has 0 unspecified atom stereocenters. The van der Waals surface area contributed by atoms with E-state index in [9.17, 15) is 4.39 Å². The Bertz CT molecular complexity index is 705. The molecule has 3 heterocycles. The molecule has 0 saturated heterocycles. The predicted molar refractivity (Wildman–Crippen MR) is 80.8 cm³/mol. The molecular formula is C17H18FN3. The van der Waals surface area contributed by atoms with Crippen molar-refractivity contribution in [2.24, 2.45) is 0 Å². The number of aromatic nitrogens is 2. The lowest BCUT2D eigenvalue weighted by Crippen LogP contribution is -2.25. The molecule has 4 heteroatoms. The van der Waals surface area contributed by atoms with Crippen molar-refractivity contribution in [3.8, 4) is 11.3 Å². The van der Waals surface area contributed by atoms with E-state index in [0.29, 0.717) is 5.69 Å². The number of nitrogens with zero attached hydrogens (tertiary/aromatic N) is 2. The zero-order valence-corrected chi connectivity index (χ0v) is 12.1. The van der Waals surface area contributed by atoms with Crippen LogP contribution in [0.4, 0.5) is 10.1 Å². The van der Waals surface area contributed by atoms with Gasteiger partial charge in [-0.1, -0.05) is 12.8 Å². The zero-order valence-electron chi connectivity index (χ0n) is 12.1. The SMILES string of the molecule is Cc1nc(F)ccc1-c1ccc2c(n1)C1(CCCC1)CN2. The van der Waals surface area contributed by atoms with Crippen LogP contribution in [0.3, 0.4) is 0 Å². The number of anilines is 1. The molecule has 1 aliphatic carbocycles. The summed E-state index contributed by atoms with van der Waals surface area (Å²) >= 11 is 0. The first-order chi connectivity index (χ1) is 10.2. The first kappa shape index (κ1) is 12.7. The molecule has 2 aromatic rings. The highest BCUT2D eigenvalue weighted by molar-refractivity contribution is 5.67. The van der Waals surface area contributed by atoms with E-state index >= 15 is 0 Å². The van der Waals surface area contributed by atoms with E-state index in [1.165, 1.54) is 37.4 Å². The minimum atomic E-state index is -0.439. The fraction of sp³-hybridized carbons (Fsp3) is 0.412. The third-order valence-corrected chi connectivity index (χ3v) is 4.90. The summed E-state index contributed by atoms with van der Waals surface area (Å²) in [7, 11) is 0. The van der Waals surface area contributed by atoms with Crippen molar-refractivity contribution in [3.05, 3.63) is 41.6 Å². The smallest absolute Gasteiger partial charge is 0.213 e. The van der Waals surface area contributed by atoms with Crippen molar-refractivity contribution in [2.45, 2.75) is 38.0 Å². The minimum absolute atomic E-state index is 0.215. The topological polar surface area (TPSA) is 37.8 Å². The Morgan fingerprint density at radius 2 is 1.90 bits per heavy atom. The molecule has 1 aliphatic heterocycles. The molecule has 0 bridgehead atoms. The van der Waals surface area contributed by atoms with Gasteiger partial charge in [-0.25, -0.2) is 9.97 Å². The van der Waals surface area contributed by atoms with E-state index in [1.54, 1.807) is 6.07 Å². The van der Waals surface area contributed by atoms with Crippen molar-refractivity contribution in [1.82, 2.24) is 9.97 Å². The molecule has 0 atom stereocenters. The number of hydrogen-bond acceptors (Lipinski definition) is 3. The highest BCUT2D eigenvalue weighted by atomic mass is 19.1. The van der Waals surface area contributed by atoms with Crippen molar-refractivity contribution in [3.63, 3.8) is 0 Å². The number of halogens is 1. The van der Waals surface area contributed by atoms with E-state index in [4.69, 9.17) is 4.98 Å². The Morgan fingerprint density at radius 3 is 2.67 bits per heavy atom. The maximum absolute atomic E-state index is 13.2. The van der Waals surface area contributed by atoms with E-state index in [1.807, 2.05) is 13.0 Å². The number of rotatable bonds is 1. The van der Waals surface area contributed by atoms with Gasteiger partial charge in [0.25, 0.3) is 0 Å². The van der Waals surface area contributed by atoms with Crippen LogP contribution in [0.15, 0.2) is 24.3 Å². The van der Waals surface area contributed by atoms with E-state index in [2.05, 4.69) is 16.4 Å². The predicted octanol–water partition coefficient (Wildman–Crippen LogP) is 3.83. The Kier molecular flexibility index (Phi) is 2.74. The second kappa shape index (κ2) is 4.52. The fourth-order valence-electron chi connectivity index (χ4n) is 3.77. The molecule has 0 amide bonds. The van der Waals surface area contributed by atoms with Crippen LogP contribution in [-0.4, -0.2) is 16.5 Å². The molecule has 3 nitrogen and oxygen atoms in total. The van der Waals surface area contributed by atoms with Crippen LogP contribution >= 0.6 is 0 Å². The summed E-state index contributed by atoms with van der Waals surface area (Å²) in [6, 6.07) is 7.28. The van der Waals surface area contributed by atoms with Crippen LogP contribution in [0.1, 0.15) is 37.1 Å². The number of hydrogen-bond donors (Lipinski definition) is 1. The fourth-order valence-corrected chi connectivity index (χ4v) is 3.77. The lowest BCUT2D eigenvalue weighted by molar-refractivity contribution is 0.476. The van der Waals surface area contributed by atoms with Gasteiger partial charge in [0.05, 0.1) is 17.1 Å². The van der Waals surface area contributed by atoms with Gasteiger partial charge in [0.1, 0.15) is 0 Å². The van der Waals surface area contributed by atoms with Gasteiger partial charge in [0, 0.05) is 23.2 Å². The zero-order chi connectivity index (χ0) is 14.4. The molecule has 0 radical (unpaired) electrons. The first-order valence-corrected chi connectivity index (χ1v) is 7.57. The maximum Gasteiger partial charge on any atom is 0.213 e. The normalized spacial score (nSPS) is 18.8. The van der Waals surface area contributed by atoms with Crippen LogP contribution in [-0.2, 0) is 5.41 Å². The summed E-state index contributed by atoms with van der Waals surface area (Å²) in [4.78, 5) is 8.83. The molecule has 1 N–H and O–H groups in total. The highest BCUT2D eigenvalue weighted by Crippen LogP contribution is 2.47. The lowest BCUT2D eigenvalue weighted by Gasteiger charge is -2.22. The van der Waals surface area contributed by atoms with Gasteiger partial charge >= 0.3 is 0 Å². The molecule has 4 rings (SSSR count). The van der Waals surface area contributed by atoms with Crippen LogP contribution in [0, 0.1) is 12.9 Å². The third-order valence-electron chi connectivity index (χ3n) is 4.90. The van der Waals surface area contributed by atoms with Gasteiger partial charge in [-0.15, -0.1) is 0 Å². The maximum atomic E-state index is 13.2. The lowest BCUT2D eigenvalue weighted by atomic mass is 9.84. The number of aryl methyl sites for hydroxylation is 1. The van der Waals surface area contributed by atoms with E-state index in [-0.39, 0.29) is 5.41 Å². The minimum Gasteiger partial charge on any atom is -0.383 e. The van der Waals surface area contributed by atoms with Crippen LogP contribution in [0.5, 0.6) is 0 Å². The second-order valence-corrected chi connectivity index (χ2v) is 6.20. The molecule has 108 valence electrons. The molecule has 1 spiro atoms. The molecule has 2 aromatic heterocycles. The molecule has 2 aliphatic rings. The van der Waals surface area contributed by atoms with Crippen LogP contribution in [0.2, 0.25) is 0 Å². The van der Waals surface area contributed by atoms with Gasteiger partial charge in [-0.05, 0) is 44.0 Å². The summed E-state index contributed by atoms with van der Waals surface area (Å²) in [5.74, 6) is -0.439. The number of nitrogens with one attached hydrogen (secondary N) is 1. The van der Waals surface area contributed by atoms with Crippen LogP contribution < -0.4 is 5.32 Å². The molecular weight excluding hydrogens is 265 g/mol. The van der Waals surface area contributed by atoms with E-state index in [0.717, 1.165) is 23.5 Å². The van der Waals surface area contributed by atoms with E-state index < -0.39 is 5.95 Å². The Labute approximate surface area is 123 Å². The van der Waals surface area contributed by atoms with Gasteiger partial charge in [0.15, 0.2) is 0 Å². The first-order valence-electron chi connectivity index (χ1n) is 7.57. The van der Waals surface area contributed by atoms with Crippen molar-refractivity contribution >= 4 is 5.69 Å². The molecule has 1 fully saturated rings. The number of pyridine rings is 2. The summed E-state index contributed by atoms with van der Waals surface area (Å²) < 4.78 is 13.2. The summed E-state index contributed by atoms with van der Waals surface area (Å²) in [5.41, 5.74) is 5.07. The third kappa shape index (κ3) is 1.93. The average molecular weight is 283 g/mol. The van der Waals surface area contributed by atoms with Crippen LogP contribution in [0.25, 0.3) is 11.3 Å². The highest BCUT2D eigenvalue weighted by Gasteiger charge is 2.42. The summed E-state index contributed by atoms with van der Waals surface area (Å²) in [6.07, 6.45) is 4.99. The van der Waals surface area contributed by atoms with Gasteiger partial charge in [0.2, 0.25) is 5.95 Å². The standard InChI is InChI=1S/C17H18FN3/c1-11-12(4-7-15(18)20-11)13-5-6-14-16(21-13)17(10-19-14)8-2-3-9-17/h4-7,19H,2-3,8-10H2,1H3. The largest absolute Gasteiger partial charge is 0.383 e. The Morgan fingerprint density at radius 1 is 1.10 bits per heavy atom. The summed E-state index contributed by atoms with van der Waals surface area (Å²) in [5, 5.41) is 3.50. The molecule has 21 heavy (non-hydrogen) atoms. The van der Waals surface area contributed by atoms with Gasteiger partial charge in [-0.2, -0.15) is 4.39 Å². The number of fused-ring (bicyclic) bond motifs is 2. The van der Waals surface area contributed by atoms with Crippen molar-refractivity contribution in [1.29, 1.82) is 0 Å². The monoisotopic (exact) mass is 283 g/mol. The second-order valence-electron chi connectivity index (χ2n) is 6.20. The van der Waals surface area contributed by atoms with Gasteiger partial charge in [-0.3, -0.25) is 0 Å². The van der Waals surface area contributed by atoms with Crippen molar-refractivity contribution < 1.29 is 4.39 Å². The molecule has 1 saturated carbocycles. The molecule has 0 aromatic carbocycles. The van der Waals surface area contributed by atoms with Crippen molar-refractivity contribution in [2.75, 3.05) is 11.9 Å². The summed E-state index contributed by atoms with van der Waals surface area (Å²) in [6.45, 7) is 2.83. The average Bonchev–Trinajstić information content (AvgIpc) is 3.08. The Hall–Kier alpha value is -1.97. The van der Waals surface area contributed by atoms with Gasteiger partial charge < -0.3 is 5.32 Å². The quantitative estimate of drug-likeness (QED) is 0.808.